The number of H-pyrrole nitrogens is 1. The maximum atomic E-state index is 14.0. The molecule has 3 N–H and O–H groups in total. The largest absolute Gasteiger partial charge is 0.494 e. The number of aromatic amines is 1. The summed E-state index contributed by atoms with van der Waals surface area (Å²) in [5, 5.41) is 14.0. The van der Waals surface area contributed by atoms with E-state index in [0.29, 0.717) is 12.8 Å². The quantitative estimate of drug-likeness (QED) is 0.416. The topological polar surface area (TPSA) is 99.5 Å². The van der Waals surface area contributed by atoms with E-state index in [1.165, 1.54) is 18.2 Å². The summed E-state index contributed by atoms with van der Waals surface area (Å²) in [6, 6.07) is 5.64. The smallest absolute Gasteiger partial charge is 0.264 e. The predicted octanol–water partition coefficient (Wildman–Crippen LogP) is 2.38. The molecule has 2 rings (SSSR count). The molecule has 0 saturated carbocycles. The second-order valence-corrected chi connectivity index (χ2v) is 5.57. The van der Waals surface area contributed by atoms with Crippen LogP contribution in [-0.4, -0.2) is 26.8 Å². The Bertz CT molecular complexity index is 920. The van der Waals surface area contributed by atoms with E-state index >= 15 is 0 Å². The molecule has 0 aliphatic carbocycles. The van der Waals surface area contributed by atoms with Crippen LogP contribution in [0.1, 0.15) is 31.7 Å². The van der Waals surface area contributed by atoms with E-state index in [1.54, 1.807) is 6.07 Å². The Hall–Kier alpha value is -2.81. The highest BCUT2D eigenvalue weighted by atomic mass is 32.1. The summed E-state index contributed by atoms with van der Waals surface area (Å²) >= 11 is 5.00. The van der Waals surface area contributed by atoms with E-state index in [0.717, 1.165) is 17.2 Å². The lowest BCUT2D eigenvalue weighted by molar-refractivity contribution is -0.121. The van der Waals surface area contributed by atoms with Gasteiger partial charge in [0.15, 0.2) is 4.77 Å². The van der Waals surface area contributed by atoms with Crippen molar-refractivity contribution < 1.29 is 14.3 Å². The van der Waals surface area contributed by atoms with Crippen LogP contribution in [0.2, 0.25) is 0 Å². The van der Waals surface area contributed by atoms with Gasteiger partial charge in [0.2, 0.25) is 11.8 Å². The molecule has 0 aliphatic heterocycles. The van der Waals surface area contributed by atoms with Crippen LogP contribution in [0, 0.1) is 10.6 Å². The minimum absolute atomic E-state index is 0.0251. The third-order valence-corrected chi connectivity index (χ3v) is 3.64. The monoisotopic (exact) mass is 364 g/mol. The molecule has 0 atom stereocenters. The molecule has 1 aromatic carbocycles. The molecule has 0 bridgehead atoms. The molecule has 0 unspecified atom stereocenters. The molecule has 7 nitrogen and oxygen atoms in total. The Morgan fingerprint density at radius 1 is 1.48 bits per heavy atom. The number of halogens is 1. The number of rotatable bonds is 6. The zero-order chi connectivity index (χ0) is 18.4. The molecular formula is C16H17FN4O3S. The number of carbonyl (C=O) groups is 1. The van der Waals surface area contributed by atoms with Gasteiger partial charge in [0, 0.05) is 6.42 Å². The summed E-state index contributed by atoms with van der Waals surface area (Å²) in [5.74, 6) is -1.52. The molecule has 25 heavy (non-hydrogen) atoms. The van der Waals surface area contributed by atoms with Crippen molar-refractivity contribution in [3.8, 4) is 11.6 Å². The van der Waals surface area contributed by atoms with Gasteiger partial charge < -0.3 is 5.11 Å². The number of aromatic nitrogens is 2. The maximum Gasteiger partial charge on any atom is 0.264 e. The molecule has 132 valence electrons. The Balaban J connectivity index is 2.39. The lowest BCUT2D eigenvalue weighted by Gasteiger charge is -2.11. The molecule has 0 spiro atoms. The number of amides is 1. The summed E-state index contributed by atoms with van der Waals surface area (Å²) in [4.78, 5) is 25.8. The first-order valence-electron chi connectivity index (χ1n) is 7.60. The highest BCUT2D eigenvalue weighted by Gasteiger charge is 2.15. The van der Waals surface area contributed by atoms with Crippen molar-refractivity contribution in [3.05, 3.63) is 50.8 Å². The Labute approximate surface area is 147 Å². The molecule has 9 heteroatoms. The number of benzene rings is 1. The van der Waals surface area contributed by atoms with Crippen LogP contribution >= 0.6 is 12.2 Å². The average Bonchev–Trinajstić information content (AvgIpc) is 2.57. The number of para-hydroxylation sites is 1. The fourth-order valence-electron chi connectivity index (χ4n) is 2.07. The number of hydrogen-bond donors (Lipinski definition) is 3. The third-order valence-electron chi connectivity index (χ3n) is 3.35. The summed E-state index contributed by atoms with van der Waals surface area (Å²) < 4.78 is 14.8. The van der Waals surface area contributed by atoms with E-state index < -0.39 is 17.3 Å². The molecule has 1 amide bonds. The van der Waals surface area contributed by atoms with Crippen LogP contribution in [-0.2, 0) is 4.79 Å². The first-order chi connectivity index (χ1) is 12.0. The highest BCUT2D eigenvalue weighted by molar-refractivity contribution is 7.71. The first-order valence-corrected chi connectivity index (χ1v) is 8.01. The summed E-state index contributed by atoms with van der Waals surface area (Å²) in [6.45, 7) is 1.95. The molecular weight excluding hydrogens is 347 g/mol. The van der Waals surface area contributed by atoms with Gasteiger partial charge in [-0.15, -0.1) is 0 Å². The van der Waals surface area contributed by atoms with Crippen LogP contribution in [0.15, 0.2) is 34.2 Å². The Morgan fingerprint density at radius 2 is 2.20 bits per heavy atom. The average molecular weight is 364 g/mol. The van der Waals surface area contributed by atoms with Gasteiger partial charge in [-0.1, -0.05) is 25.5 Å². The second-order valence-electron chi connectivity index (χ2n) is 5.18. The van der Waals surface area contributed by atoms with Gasteiger partial charge in [0.05, 0.1) is 11.9 Å². The van der Waals surface area contributed by atoms with Crippen molar-refractivity contribution in [2.45, 2.75) is 26.2 Å². The summed E-state index contributed by atoms with van der Waals surface area (Å²) in [5.41, 5.74) is 1.27. The number of hydrogen-bond acceptors (Lipinski definition) is 5. The first kappa shape index (κ1) is 18.5. The Kier molecular flexibility index (Phi) is 6.18. The van der Waals surface area contributed by atoms with Crippen molar-refractivity contribution in [2.24, 2.45) is 5.10 Å². The summed E-state index contributed by atoms with van der Waals surface area (Å²) in [7, 11) is 0. The summed E-state index contributed by atoms with van der Waals surface area (Å²) in [6.07, 6.45) is 2.87. The van der Waals surface area contributed by atoms with E-state index in [-0.39, 0.29) is 21.9 Å². The predicted molar refractivity (Wildman–Crippen MR) is 94.1 cm³/mol. The van der Waals surface area contributed by atoms with Crippen LogP contribution in [0.3, 0.4) is 0 Å². The van der Waals surface area contributed by atoms with Gasteiger partial charge in [-0.05, 0) is 30.8 Å². The second kappa shape index (κ2) is 8.34. The van der Waals surface area contributed by atoms with Crippen LogP contribution < -0.4 is 11.0 Å². The van der Waals surface area contributed by atoms with Crippen molar-refractivity contribution in [3.63, 3.8) is 0 Å². The van der Waals surface area contributed by atoms with Gasteiger partial charge in [0.1, 0.15) is 11.4 Å². The van der Waals surface area contributed by atoms with Crippen molar-refractivity contribution >= 4 is 24.3 Å². The standard InChI is InChI=1S/C16H17FN4O3S/c1-2-3-8-13(22)20-18-9-10-14(23)19-16(25)21(15(10)24)12-7-5-4-6-11(12)17/h4-7,9,24H,2-3,8H2,1H3,(H,20,22)(H,19,23,25)/b18-9+. The van der Waals surface area contributed by atoms with Crippen molar-refractivity contribution in [1.29, 1.82) is 0 Å². The molecule has 2 aromatic rings. The number of aromatic hydroxyl groups is 1. The molecule has 0 radical (unpaired) electrons. The fourth-order valence-corrected chi connectivity index (χ4v) is 2.35. The van der Waals surface area contributed by atoms with E-state index in [9.17, 15) is 19.1 Å². The van der Waals surface area contributed by atoms with Crippen LogP contribution in [0.5, 0.6) is 5.88 Å². The van der Waals surface area contributed by atoms with E-state index in [1.807, 2.05) is 6.92 Å². The zero-order valence-corrected chi connectivity index (χ0v) is 14.3. The molecule has 0 fully saturated rings. The minimum atomic E-state index is -0.707. The normalized spacial score (nSPS) is 11.0. The fraction of sp³-hybridized carbons (Fsp3) is 0.250. The van der Waals surface area contributed by atoms with Crippen molar-refractivity contribution in [2.75, 3.05) is 0 Å². The van der Waals surface area contributed by atoms with Gasteiger partial charge in [0.25, 0.3) is 5.56 Å². The van der Waals surface area contributed by atoms with Gasteiger partial charge in [-0.25, -0.2) is 9.82 Å². The van der Waals surface area contributed by atoms with Gasteiger partial charge >= 0.3 is 0 Å². The SMILES string of the molecule is CCCCC(=O)N/N=C/c1c(O)n(-c2ccccc2F)c(=S)[nH]c1=O. The van der Waals surface area contributed by atoms with E-state index in [2.05, 4.69) is 15.5 Å². The van der Waals surface area contributed by atoms with Crippen molar-refractivity contribution in [1.82, 2.24) is 15.0 Å². The number of nitrogens with zero attached hydrogens (tertiary/aromatic N) is 2. The highest BCUT2D eigenvalue weighted by Crippen LogP contribution is 2.20. The third kappa shape index (κ3) is 4.38. The number of hydrazone groups is 1. The number of unbranched alkanes of at least 4 members (excludes halogenated alkanes) is 1. The molecule has 0 aliphatic rings. The van der Waals surface area contributed by atoms with Gasteiger partial charge in [-0.2, -0.15) is 5.10 Å². The lowest BCUT2D eigenvalue weighted by atomic mass is 10.2. The molecule has 1 heterocycles. The van der Waals surface area contributed by atoms with Gasteiger partial charge in [-0.3, -0.25) is 19.1 Å². The van der Waals surface area contributed by atoms with E-state index in [4.69, 9.17) is 12.2 Å². The minimum Gasteiger partial charge on any atom is -0.494 e. The Morgan fingerprint density at radius 3 is 2.88 bits per heavy atom. The molecule has 1 aromatic heterocycles. The van der Waals surface area contributed by atoms with Crippen LogP contribution in [0.4, 0.5) is 4.39 Å². The maximum absolute atomic E-state index is 14.0. The lowest BCUT2D eigenvalue weighted by Crippen LogP contribution is -2.21. The number of carbonyl (C=O) groups excluding carboxylic acids is 1. The zero-order valence-electron chi connectivity index (χ0n) is 13.5. The van der Waals surface area contributed by atoms with Crippen LogP contribution in [0.25, 0.3) is 5.69 Å². The number of nitrogens with one attached hydrogen (secondary N) is 2. The molecule has 0 saturated heterocycles.